The maximum atomic E-state index is 6.65. The van der Waals surface area contributed by atoms with E-state index in [1.54, 1.807) is 0 Å². The van der Waals surface area contributed by atoms with Crippen molar-refractivity contribution in [3.8, 4) is 163 Å². The van der Waals surface area contributed by atoms with Crippen molar-refractivity contribution >= 4 is 37.7 Å². The molecule has 6 nitrogen and oxygen atoms in total. The minimum Gasteiger partial charge on any atom is -0.456 e. The maximum absolute atomic E-state index is 6.65. The van der Waals surface area contributed by atoms with Crippen LogP contribution in [0.4, 0.5) is 0 Å². The molecule has 0 fully saturated rings. The second-order valence-corrected chi connectivity index (χ2v) is 27.0. The van der Waals surface area contributed by atoms with Crippen molar-refractivity contribution in [3.63, 3.8) is 0 Å². The molecule has 0 amide bonds. The van der Waals surface area contributed by atoms with Crippen LogP contribution in [0.5, 0.6) is 23.0 Å². The van der Waals surface area contributed by atoms with Gasteiger partial charge < -0.3 is 19.0 Å². The number of H-pyrrole nitrogens is 1. The van der Waals surface area contributed by atoms with Gasteiger partial charge in [0.25, 0.3) is 0 Å². The summed E-state index contributed by atoms with van der Waals surface area (Å²) in [5.41, 5.74) is 30.0. The molecule has 20 rings (SSSR count). The second kappa shape index (κ2) is 28.2. The van der Waals surface area contributed by atoms with Gasteiger partial charge in [0.1, 0.15) is 23.0 Å². The van der Waals surface area contributed by atoms with E-state index in [0.29, 0.717) is 0 Å². The van der Waals surface area contributed by atoms with Gasteiger partial charge in [-0.05, 0) is 118 Å². The number of pyridine rings is 2. The predicted molar refractivity (Wildman–Crippen MR) is 437 cm³/mol. The van der Waals surface area contributed by atoms with Crippen LogP contribution in [-0.4, -0.2) is 19.5 Å². The van der Waals surface area contributed by atoms with E-state index in [1.165, 1.54) is 55.3 Å². The second-order valence-electron chi connectivity index (χ2n) is 26.1. The molecule has 0 unspecified atom stereocenters. The van der Waals surface area contributed by atoms with Crippen LogP contribution in [-0.2, 0) is 0 Å². The van der Waals surface area contributed by atoms with E-state index in [-0.39, 0.29) is 0 Å². The average Bonchev–Trinajstić information content (AvgIpc) is 1.56. The summed E-state index contributed by atoms with van der Waals surface area (Å²) in [7, 11) is 0. The van der Waals surface area contributed by atoms with Crippen LogP contribution in [0.1, 0.15) is 0 Å². The van der Waals surface area contributed by atoms with Crippen molar-refractivity contribution in [1.82, 2.24) is 19.5 Å². The highest BCUT2D eigenvalue weighted by Gasteiger charge is 2.31. The molecule has 105 heavy (non-hydrogen) atoms. The zero-order chi connectivity index (χ0) is 70.0. The summed E-state index contributed by atoms with van der Waals surface area (Å²) in [5, 5.41) is 2.39. The summed E-state index contributed by atoms with van der Waals surface area (Å²) in [6.07, 6.45) is 0. The lowest BCUT2D eigenvalue weighted by atomic mass is 9.96. The van der Waals surface area contributed by atoms with E-state index in [4.69, 9.17) is 19.4 Å². The molecule has 0 aliphatic carbocycles. The molecule has 0 saturated heterocycles. The van der Waals surface area contributed by atoms with Gasteiger partial charge in [0.05, 0.1) is 45.2 Å². The van der Waals surface area contributed by atoms with Crippen molar-refractivity contribution < 1.29 is 9.47 Å². The van der Waals surface area contributed by atoms with E-state index in [0.717, 1.165) is 134 Å². The highest BCUT2D eigenvalue weighted by Crippen LogP contribution is 2.54. The molecule has 2 aliphatic rings. The Labute approximate surface area is 618 Å². The molecule has 0 radical (unpaired) electrons. The number of hydrogen-bond acceptors (Lipinski definition) is 4. The van der Waals surface area contributed by atoms with Gasteiger partial charge in [0, 0.05) is 87.7 Å². The maximum Gasteiger partial charge on any atom is 0.136 e. The Bertz CT molecular complexity index is 6070. The number of benzene rings is 14. The van der Waals surface area contributed by atoms with Crippen molar-refractivity contribution in [3.05, 3.63) is 393 Å². The summed E-state index contributed by atoms with van der Waals surface area (Å²) < 4.78 is 16.4. The lowest BCUT2D eigenvalue weighted by molar-refractivity contribution is 0.487. The third-order valence-corrected chi connectivity index (χ3v) is 20.1. The van der Waals surface area contributed by atoms with E-state index >= 15 is 0 Å². The van der Waals surface area contributed by atoms with Crippen LogP contribution < -0.4 is 9.47 Å². The number of nitrogens with zero attached hydrogens (tertiary/aromatic N) is 3. The highest BCUT2D eigenvalue weighted by atomic mass is 79.9. The van der Waals surface area contributed by atoms with Crippen LogP contribution in [0.25, 0.3) is 162 Å². The molecular formula is C98H65BrN4O2. The minimum absolute atomic E-state index is 0.839. The third-order valence-electron chi connectivity index (χ3n) is 19.6. The number of para-hydroxylation sites is 6. The van der Waals surface area contributed by atoms with Gasteiger partial charge in [-0.2, -0.15) is 0 Å². The SMILES string of the molecule is Brc1ccc(-c2cc(-c3ccccc3)cc(-c3ccccc3)n2)cc1.c1ccc(-c2cc(-c3ccccc3)nc(-c3ccc(-n4c5c(c6cccc(-c7ccccc7)c64)-c4ccccc4Oc4ccccc4-5)cc3)c2)cc1.c1ccc(-c2cccc3c4c([nH]c23)-c2ccccc2Oc2ccccc2-4)cc1. The first kappa shape index (κ1) is 63.7. The summed E-state index contributed by atoms with van der Waals surface area (Å²) in [6.45, 7) is 0. The van der Waals surface area contributed by atoms with Crippen molar-refractivity contribution in [2.75, 3.05) is 0 Å². The van der Waals surface area contributed by atoms with Crippen molar-refractivity contribution in [2.45, 2.75) is 0 Å². The van der Waals surface area contributed by atoms with Crippen LogP contribution in [0.15, 0.2) is 393 Å². The molecule has 496 valence electrons. The van der Waals surface area contributed by atoms with Crippen LogP contribution in [0.2, 0.25) is 0 Å². The fraction of sp³-hybridized carbons (Fsp3) is 0. The fourth-order valence-corrected chi connectivity index (χ4v) is 14.9. The molecule has 6 heterocycles. The number of rotatable bonds is 9. The van der Waals surface area contributed by atoms with Gasteiger partial charge >= 0.3 is 0 Å². The van der Waals surface area contributed by atoms with Crippen LogP contribution in [0.3, 0.4) is 0 Å². The fourth-order valence-electron chi connectivity index (χ4n) is 14.7. The number of hydrogen-bond donors (Lipinski definition) is 1. The largest absolute Gasteiger partial charge is 0.456 e. The molecule has 0 bridgehead atoms. The smallest absolute Gasteiger partial charge is 0.136 e. The van der Waals surface area contributed by atoms with Crippen LogP contribution in [0, 0.1) is 0 Å². The number of halogens is 1. The Morgan fingerprint density at radius 3 is 1.09 bits per heavy atom. The van der Waals surface area contributed by atoms with E-state index in [1.807, 2.05) is 78.9 Å². The Balaban J connectivity index is 0.000000124. The summed E-state index contributed by atoms with van der Waals surface area (Å²) >= 11 is 3.50. The molecule has 18 aromatic rings. The van der Waals surface area contributed by atoms with Gasteiger partial charge in [-0.15, -0.1) is 0 Å². The first-order valence-corrected chi connectivity index (χ1v) is 36.1. The predicted octanol–water partition coefficient (Wildman–Crippen LogP) is 27.3. The van der Waals surface area contributed by atoms with E-state index < -0.39 is 0 Å². The Morgan fingerprint density at radius 2 is 0.600 bits per heavy atom. The molecule has 1 N–H and O–H groups in total. The average molecular weight is 1410 g/mol. The molecule has 2 aliphatic heterocycles. The van der Waals surface area contributed by atoms with Gasteiger partial charge in [0.2, 0.25) is 0 Å². The number of aromatic nitrogens is 4. The third kappa shape index (κ3) is 12.5. The topological polar surface area (TPSA) is 65.0 Å². The van der Waals surface area contributed by atoms with Gasteiger partial charge in [-0.1, -0.05) is 319 Å². The Kier molecular flexibility index (Phi) is 17.1. The monoisotopic (exact) mass is 1410 g/mol. The van der Waals surface area contributed by atoms with E-state index in [9.17, 15) is 0 Å². The normalized spacial score (nSPS) is 11.4. The standard InChI is InChI=1S/C49H32N2O.C26H17NO.C23H16BrN/c1-4-15-33(16-5-1)37-31-43(35-19-8-3-9-20-35)50-44(32-37)36-27-29-38(30-28-36)51-48-39(34-17-6-2-7-18-34)23-14-24-42(48)47-40-21-10-12-25-45(40)52-46-26-13-11-22-41(46)49(47)51;1-2-9-17(10-3-1)18-13-8-14-21-24-19-11-4-6-15-22(19)28-23-16-7-5-12-20(23)26(24)27-25(18)21;24-21-13-11-19(12-14-21)23-16-20(17-7-3-1-4-8-17)15-22(25-23)18-9-5-2-6-10-18/h1-32H;1-16,27H;1-16H. The summed E-state index contributed by atoms with van der Waals surface area (Å²) in [5.74, 6) is 3.46. The lowest BCUT2D eigenvalue weighted by Crippen LogP contribution is -1.99. The lowest BCUT2D eigenvalue weighted by Gasteiger charge is -2.16. The van der Waals surface area contributed by atoms with Crippen molar-refractivity contribution in [2.24, 2.45) is 0 Å². The molecule has 0 saturated carbocycles. The van der Waals surface area contributed by atoms with Crippen LogP contribution >= 0.6 is 15.9 Å². The zero-order valence-corrected chi connectivity index (χ0v) is 58.6. The molecular weight excluding hydrogens is 1350 g/mol. The van der Waals surface area contributed by atoms with E-state index in [2.05, 4.69) is 335 Å². The highest BCUT2D eigenvalue weighted by molar-refractivity contribution is 9.10. The first-order chi connectivity index (χ1) is 52.0. The number of ether oxygens (including phenoxy) is 2. The van der Waals surface area contributed by atoms with Gasteiger partial charge in [0.15, 0.2) is 0 Å². The summed E-state index contributed by atoms with van der Waals surface area (Å²) in [6, 6.07) is 135. The Morgan fingerprint density at radius 1 is 0.257 bits per heavy atom. The Hall–Kier alpha value is -13.5. The quantitative estimate of drug-likeness (QED) is 0.156. The zero-order valence-electron chi connectivity index (χ0n) is 57.0. The van der Waals surface area contributed by atoms with Crippen molar-refractivity contribution in [1.29, 1.82) is 0 Å². The number of fused-ring (bicyclic) bond motifs is 14. The van der Waals surface area contributed by atoms with Gasteiger partial charge in [-0.3, -0.25) is 0 Å². The molecule has 14 aromatic carbocycles. The molecule has 0 spiro atoms. The van der Waals surface area contributed by atoms with Gasteiger partial charge in [-0.25, -0.2) is 9.97 Å². The molecule has 7 heteroatoms. The summed E-state index contributed by atoms with van der Waals surface area (Å²) in [4.78, 5) is 13.9. The number of aromatic amines is 1. The minimum atomic E-state index is 0.839. The molecule has 0 atom stereocenters. The first-order valence-electron chi connectivity index (χ1n) is 35.3. The molecule has 4 aromatic heterocycles. The number of nitrogens with one attached hydrogen (secondary N) is 1.